The van der Waals surface area contributed by atoms with E-state index in [1.807, 2.05) is 58.9 Å². The molecule has 178 valence electrons. The van der Waals surface area contributed by atoms with E-state index in [9.17, 15) is 9.90 Å². The number of alkyl carbamates (subject to hydrolysis) is 1. The summed E-state index contributed by atoms with van der Waals surface area (Å²) in [6.45, 7) is 6.11. The number of ether oxygens (including phenoxy) is 2. The highest BCUT2D eigenvalue weighted by atomic mass is 32.2. The molecule has 7 nitrogen and oxygen atoms in total. The second kappa shape index (κ2) is 13.1. The molecule has 0 saturated carbocycles. The topological polar surface area (TPSA) is 94.8 Å². The van der Waals surface area contributed by atoms with Gasteiger partial charge in [-0.25, -0.2) is 9.10 Å². The lowest BCUT2D eigenvalue weighted by Gasteiger charge is -2.30. The Balaban J connectivity index is 2.14. The van der Waals surface area contributed by atoms with Crippen molar-refractivity contribution in [1.29, 1.82) is 5.26 Å². The molecule has 2 aromatic carbocycles. The SMILES string of the molecule is COc1ccc(SN(CCC#N)CC(O)C(Cc2ccccc2)NC(=O)OC(C)(C)C)cc1. The number of methoxy groups -OCH3 is 1. The van der Waals surface area contributed by atoms with Gasteiger partial charge in [-0.05, 0) is 69.0 Å². The van der Waals surface area contributed by atoms with Crippen molar-refractivity contribution in [3.05, 3.63) is 60.2 Å². The van der Waals surface area contributed by atoms with E-state index in [2.05, 4.69) is 11.4 Å². The van der Waals surface area contributed by atoms with Gasteiger partial charge >= 0.3 is 6.09 Å². The number of nitriles is 1. The number of hydrogen-bond donors (Lipinski definition) is 2. The van der Waals surface area contributed by atoms with Crippen molar-refractivity contribution >= 4 is 18.0 Å². The molecule has 8 heteroatoms. The summed E-state index contributed by atoms with van der Waals surface area (Å²) in [5.74, 6) is 0.757. The van der Waals surface area contributed by atoms with Gasteiger partial charge in [-0.1, -0.05) is 30.3 Å². The van der Waals surface area contributed by atoms with Crippen LogP contribution in [-0.4, -0.2) is 53.5 Å². The minimum absolute atomic E-state index is 0.256. The molecular formula is C25H33N3O4S. The Morgan fingerprint density at radius 2 is 1.85 bits per heavy atom. The summed E-state index contributed by atoms with van der Waals surface area (Å²) >= 11 is 1.45. The van der Waals surface area contributed by atoms with Gasteiger partial charge in [0.1, 0.15) is 11.4 Å². The third-order valence-corrected chi connectivity index (χ3v) is 5.70. The molecule has 2 N–H and O–H groups in total. The Morgan fingerprint density at radius 3 is 2.42 bits per heavy atom. The fourth-order valence-electron chi connectivity index (χ4n) is 3.08. The monoisotopic (exact) mass is 471 g/mol. The first-order chi connectivity index (χ1) is 15.7. The predicted octanol–water partition coefficient (Wildman–Crippen LogP) is 4.41. The Hall–Kier alpha value is -2.73. The van der Waals surface area contributed by atoms with E-state index in [4.69, 9.17) is 14.7 Å². The summed E-state index contributed by atoms with van der Waals surface area (Å²) in [7, 11) is 1.61. The maximum atomic E-state index is 12.5. The van der Waals surface area contributed by atoms with Crippen LogP contribution in [0.15, 0.2) is 59.5 Å². The predicted molar refractivity (Wildman–Crippen MR) is 130 cm³/mol. The van der Waals surface area contributed by atoms with Crippen molar-refractivity contribution in [2.24, 2.45) is 0 Å². The molecule has 0 saturated heterocycles. The third kappa shape index (κ3) is 10.2. The van der Waals surface area contributed by atoms with Crippen LogP contribution in [0.25, 0.3) is 0 Å². The van der Waals surface area contributed by atoms with Crippen molar-refractivity contribution in [3.63, 3.8) is 0 Å². The molecule has 0 aliphatic heterocycles. The molecule has 33 heavy (non-hydrogen) atoms. The average molecular weight is 472 g/mol. The Kier molecular flexibility index (Phi) is 10.5. The number of carbonyl (C=O) groups excluding carboxylic acids is 1. The standard InChI is InChI=1S/C25H33N3O4S/c1-25(2,3)32-24(30)27-22(17-19-9-6-5-7-10-19)23(29)18-28(16-8-15-26)33-21-13-11-20(31-4)12-14-21/h5-7,9-14,22-23,29H,8,16-18H2,1-4H3,(H,27,30). The molecule has 2 rings (SSSR count). The van der Waals surface area contributed by atoms with Crippen LogP contribution in [0.2, 0.25) is 0 Å². The van der Waals surface area contributed by atoms with Gasteiger partial charge in [0, 0.05) is 24.4 Å². The number of carbonyl (C=O) groups is 1. The zero-order chi connectivity index (χ0) is 24.3. The zero-order valence-corrected chi connectivity index (χ0v) is 20.5. The quantitative estimate of drug-likeness (QED) is 0.469. The number of aliphatic hydroxyl groups excluding tert-OH is 1. The smallest absolute Gasteiger partial charge is 0.407 e. The fourth-order valence-corrected chi connectivity index (χ4v) is 4.05. The van der Waals surface area contributed by atoms with Crippen LogP contribution in [0.1, 0.15) is 32.8 Å². The molecule has 0 aliphatic rings. The lowest BCUT2D eigenvalue weighted by atomic mass is 10.0. The van der Waals surface area contributed by atoms with Crippen molar-refractivity contribution in [2.45, 2.75) is 56.3 Å². The van der Waals surface area contributed by atoms with Gasteiger partial charge in [-0.3, -0.25) is 0 Å². The van der Waals surface area contributed by atoms with Gasteiger partial charge in [0.25, 0.3) is 0 Å². The van der Waals surface area contributed by atoms with Crippen LogP contribution in [0.3, 0.4) is 0 Å². The summed E-state index contributed by atoms with van der Waals surface area (Å²) < 4.78 is 12.5. The Bertz CT molecular complexity index is 895. The number of amides is 1. The lowest BCUT2D eigenvalue weighted by Crippen LogP contribution is -2.50. The first kappa shape index (κ1) is 26.5. The molecule has 0 aliphatic carbocycles. The summed E-state index contributed by atoms with van der Waals surface area (Å²) in [6.07, 6.45) is -0.699. The van der Waals surface area contributed by atoms with E-state index < -0.39 is 23.8 Å². The fraction of sp³-hybridized carbons (Fsp3) is 0.440. The van der Waals surface area contributed by atoms with E-state index in [-0.39, 0.29) is 6.54 Å². The molecule has 0 fully saturated rings. The molecule has 2 aromatic rings. The van der Waals surface area contributed by atoms with Crippen LogP contribution in [0, 0.1) is 11.3 Å². The Labute approximate surface area is 200 Å². The largest absolute Gasteiger partial charge is 0.497 e. The summed E-state index contributed by atoms with van der Waals surface area (Å²) in [5, 5.41) is 23.0. The van der Waals surface area contributed by atoms with Crippen molar-refractivity contribution in [3.8, 4) is 11.8 Å². The van der Waals surface area contributed by atoms with Gasteiger partial charge in [-0.2, -0.15) is 5.26 Å². The Morgan fingerprint density at radius 1 is 1.18 bits per heavy atom. The number of aliphatic hydroxyl groups is 1. The van der Waals surface area contributed by atoms with Gasteiger partial charge in [0.2, 0.25) is 0 Å². The van der Waals surface area contributed by atoms with Gasteiger partial charge in [0.05, 0.1) is 25.3 Å². The second-order valence-electron chi connectivity index (χ2n) is 8.57. The van der Waals surface area contributed by atoms with E-state index in [1.165, 1.54) is 11.9 Å². The average Bonchev–Trinajstić information content (AvgIpc) is 2.77. The molecule has 1 amide bonds. The van der Waals surface area contributed by atoms with Crippen molar-refractivity contribution < 1.29 is 19.4 Å². The number of nitrogens with zero attached hydrogens (tertiary/aromatic N) is 2. The molecule has 2 unspecified atom stereocenters. The van der Waals surface area contributed by atoms with Gasteiger partial charge in [0.15, 0.2) is 0 Å². The second-order valence-corrected chi connectivity index (χ2v) is 9.74. The lowest BCUT2D eigenvalue weighted by molar-refractivity contribution is 0.0405. The van der Waals surface area contributed by atoms with E-state index in [0.717, 1.165) is 16.2 Å². The highest BCUT2D eigenvalue weighted by Crippen LogP contribution is 2.26. The summed E-state index contributed by atoms with van der Waals surface area (Å²) in [6, 6.07) is 18.8. The molecule has 0 aromatic heterocycles. The number of nitrogens with one attached hydrogen (secondary N) is 1. The van der Waals surface area contributed by atoms with Gasteiger partial charge in [-0.15, -0.1) is 0 Å². The number of benzene rings is 2. The van der Waals surface area contributed by atoms with E-state index >= 15 is 0 Å². The third-order valence-electron chi connectivity index (χ3n) is 4.62. The minimum Gasteiger partial charge on any atom is -0.497 e. The van der Waals surface area contributed by atoms with Crippen LogP contribution < -0.4 is 10.1 Å². The molecule has 0 spiro atoms. The maximum Gasteiger partial charge on any atom is 0.407 e. The molecule has 0 heterocycles. The number of hydrogen-bond acceptors (Lipinski definition) is 7. The highest BCUT2D eigenvalue weighted by molar-refractivity contribution is 7.97. The molecule has 2 atom stereocenters. The van der Waals surface area contributed by atoms with E-state index in [1.54, 1.807) is 27.9 Å². The zero-order valence-electron chi connectivity index (χ0n) is 19.7. The highest BCUT2D eigenvalue weighted by Gasteiger charge is 2.27. The van der Waals surface area contributed by atoms with Crippen molar-refractivity contribution in [2.75, 3.05) is 20.2 Å². The van der Waals surface area contributed by atoms with Crippen LogP contribution in [0.5, 0.6) is 5.75 Å². The normalized spacial score (nSPS) is 13.1. The minimum atomic E-state index is -0.887. The molecular weight excluding hydrogens is 438 g/mol. The van der Waals surface area contributed by atoms with Crippen LogP contribution in [0.4, 0.5) is 4.79 Å². The first-order valence-electron chi connectivity index (χ1n) is 10.9. The van der Waals surface area contributed by atoms with Crippen molar-refractivity contribution in [1.82, 2.24) is 9.62 Å². The molecule has 0 bridgehead atoms. The van der Waals surface area contributed by atoms with Crippen LogP contribution in [-0.2, 0) is 11.2 Å². The van der Waals surface area contributed by atoms with Gasteiger partial charge < -0.3 is 19.9 Å². The maximum absolute atomic E-state index is 12.5. The summed E-state index contributed by atoms with van der Waals surface area (Å²) in [5.41, 5.74) is 0.346. The summed E-state index contributed by atoms with van der Waals surface area (Å²) in [4.78, 5) is 13.4. The molecule has 0 radical (unpaired) electrons. The van der Waals surface area contributed by atoms with Crippen LogP contribution >= 0.6 is 11.9 Å². The van der Waals surface area contributed by atoms with E-state index in [0.29, 0.717) is 19.4 Å². The first-order valence-corrected chi connectivity index (χ1v) is 11.6. The number of rotatable bonds is 11.